The largest absolute Gasteiger partial charge is 0.450 e. The van der Waals surface area contributed by atoms with Gasteiger partial charge in [0.05, 0.1) is 12.9 Å². The molecule has 1 aromatic rings. The van der Waals surface area contributed by atoms with Gasteiger partial charge in [0.25, 0.3) is 0 Å². The van der Waals surface area contributed by atoms with Crippen molar-refractivity contribution in [2.24, 2.45) is 0 Å². The number of aromatic nitrogens is 2. The summed E-state index contributed by atoms with van der Waals surface area (Å²) in [6.45, 7) is 0.981. The molecule has 0 bridgehead atoms. The van der Waals surface area contributed by atoms with E-state index in [0.717, 1.165) is 25.0 Å². The first kappa shape index (κ1) is 12.4. The van der Waals surface area contributed by atoms with Gasteiger partial charge in [-0.05, 0) is 24.8 Å². The molecule has 18 heavy (non-hydrogen) atoms. The number of carbonyl (C=O) groups excluding carboxylic acids is 1. The van der Waals surface area contributed by atoms with Crippen molar-refractivity contribution in [1.29, 1.82) is 0 Å². The van der Waals surface area contributed by atoms with Gasteiger partial charge >= 0.3 is 6.09 Å². The number of amides is 1. The Labute approximate surface area is 106 Å². The van der Waals surface area contributed by atoms with Crippen molar-refractivity contribution in [3.05, 3.63) is 42.0 Å². The Hall–Kier alpha value is -2.04. The van der Waals surface area contributed by atoms with Gasteiger partial charge in [0.15, 0.2) is 0 Å². The zero-order chi connectivity index (χ0) is 12.6. The van der Waals surface area contributed by atoms with Gasteiger partial charge in [-0.1, -0.05) is 18.2 Å². The van der Waals surface area contributed by atoms with Crippen molar-refractivity contribution in [3.8, 4) is 0 Å². The summed E-state index contributed by atoms with van der Waals surface area (Å²) in [6.07, 6.45) is 11.7. The van der Waals surface area contributed by atoms with Gasteiger partial charge in [0.1, 0.15) is 0 Å². The van der Waals surface area contributed by atoms with Gasteiger partial charge in [0.2, 0.25) is 0 Å². The standard InChI is InChI=1S/C13H17N3O2/c17-13(15-8-11-4-1-2-5-11)18-7-3-6-12-9-14-10-16-12/h1-2,4,9-10H,3,5-8H2,(H,14,16)(H,15,17). The van der Waals surface area contributed by atoms with Crippen molar-refractivity contribution in [2.45, 2.75) is 19.3 Å². The second-order valence-corrected chi connectivity index (χ2v) is 4.13. The number of hydrogen-bond acceptors (Lipinski definition) is 3. The van der Waals surface area contributed by atoms with Crippen LogP contribution < -0.4 is 5.32 Å². The van der Waals surface area contributed by atoms with E-state index < -0.39 is 0 Å². The highest BCUT2D eigenvalue weighted by molar-refractivity contribution is 5.67. The molecular formula is C13H17N3O2. The van der Waals surface area contributed by atoms with E-state index in [-0.39, 0.29) is 6.09 Å². The molecule has 1 amide bonds. The Morgan fingerprint density at radius 3 is 3.22 bits per heavy atom. The Morgan fingerprint density at radius 2 is 2.50 bits per heavy atom. The van der Waals surface area contributed by atoms with E-state index >= 15 is 0 Å². The van der Waals surface area contributed by atoms with Gasteiger partial charge in [-0.15, -0.1) is 0 Å². The molecule has 1 aromatic heterocycles. The lowest BCUT2D eigenvalue weighted by Crippen LogP contribution is -2.26. The number of rotatable bonds is 6. The molecular weight excluding hydrogens is 230 g/mol. The number of hydrogen-bond donors (Lipinski definition) is 2. The maximum atomic E-state index is 11.4. The van der Waals surface area contributed by atoms with E-state index in [4.69, 9.17) is 4.74 Å². The summed E-state index contributed by atoms with van der Waals surface area (Å²) < 4.78 is 5.07. The van der Waals surface area contributed by atoms with Crippen LogP contribution in [-0.2, 0) is 11.2 Å². The van der Waals surface area contributed by atoms with Crippen molar-refractivity contribution in [2.75, 3.05) is 13.2 Å². The Morgan fingerprint density at radius 1 is 1.56 bits per heavy atom. The van der Waals surface area contributed by atoms with Crippen LogP contribution in [0.4, 0.5) is 4.79 Å². The van der Waals surface area contributed by atoms with E-state index in [9.17, 15) is 4.79 Å². The number of carbonyl (C=O) groups is 1. The maximum Gasteiger partial charge on any atom is 0.407 e. The number of imidazole rings is 1. The van der Waals surface area contributed by atoms with Gasteiger partial charge in [-0.2, -0.15) is 0 Å². The lowest BCUT2D eigenvalue weighted by atomic mass is 10.2. The smallest absolute Gasteiger partial charge is 0.407 e. The normalized spacial score (nSPS) is 13.4. The first-order chi connectivity index (χ1) is 8.84. The summed E-state index contributed by atoms with van der Waals surface area (Å²) in [5.41, 5.74) is 2.26. The quantitative estimate of drug-likeness (QED) is 0.755. The summed E-state index contributed by atoms with van der Waals surface area (Å²) >= 11 is 0. The first-order valence-corrected chi connectivity index (χ1v) is 6.07. The minimum absolute atomic E-state index is 0.354. The Kier molecular flexibility index (Phi) is 4.58. The fraction of sp³-hybridized carbons (Fsp3) is 0.385. The van der Waals surface area contributed by atoms with Crippen molar-refractivity contribution < 1.29 is 9.53 Å². The van der Waals surface area contributed by atoms with Gasteiger partial charge < -0.3 is 15.0 Å². The summed E-state index contributed by atoms with van der Waals surface area (Å²) in [7, 11) is 0. The van der Waals surface area contributed by atoms with Crippen LogP contribution in [0.3, 0.4) is 0 Å². The fourth-order valence-corrected chi connectivity index (χ4v) is 1.71. The zero-order valence-corrected chi connectivity index (χ0v) is 10.2. The lowest BCUT2D eigenvalue weighted by molar-refractivity contribution is 0.145. The minimum Gasteiger partial charge on any atom is -0.450 e. The number of allylic oxidation sites excluding steroid dienone is 3. The van der Waals surface area contributed by atoms with Crippen molar-refractivity contribution >= 4 is 6.09 Å². The molecule has 96 valence electrons. The number of nitrogens with one attached hydrogen (secondary N) is 2. The second-order valence-electron chi connectivity index (χ2n) is 4.13. The third-order valence-corrected chi connectivity index (χ3v) is 2.69. The number of aryl methyl sites for hydroxylation is 1. The summed E-state index contributed by atoms with van der Waals surface area (Å²) in [4.78, 5) is 18.3. The van der Waals surface area contributed by atoms with Crippen LogP contribution >= 0.6 is 0 Å². The highest BCUT2D eigenvalue weighted by Crippen LogP contribution is 2.08. The van der Waals surface area contributed by atoms with Crippen LogP contribution in [0.15, 0.2) is 36.3 Å². The SMILES string of the molecule is O=C(NCC1=CC=CC1)OCCCc1cnc[nH]1. The Balaban J connectivity index is 1.52. The first-order valence-electron chi connectivity index (χ1n) is 6.07. The minimum atomic E-state index is -0.354. The molecule has 1 aliphatic carbocycles. The van der Waals surface area contributed by atoms with E-state index in [2.05, 4.69) is 21.4 Å². The molecule has 5 heteroatoms. The van der Waals surface area contributed by atoms with Crippen LogP contribution in [0.5, 0.6) is 0 Å². The molecule has 0 aliphatic heterocycles. The number of alkyl carbamates (subject to hydrolysis) is 1. The van der Waals surface area contributed by atoms with Crippen LogP contribution in [0.1, 0.15) is 18.5 Å². The molecule has 0 spiro atoms. The van der Waals surface area contributed by atoms with E-state index in [1.165, 1.54) is 5.57 Å². The van der Waals surface area contributed by atoms with E-state index in [1.54, 1.807) is 12.5 Å². The molecule has 2 N–H and O–H groups in total. The Bertz CT molecular complexity index is 435. The van der Waals surface area contributed by atoms with E-state index in [0.29, 0.717) is 13.2 Å². The predicted octanol–water partition coefficient (Wildman–Crippen LogP) is 1.95. The highest BCUT2D eigenvalue weighted by Gasteiger charge is 2.04. The maximum absolute atomic E-state index is 11.4. The van der Waals surface area contributed by atoms with Crippen molar-refractivity contribution in [1.82, 2.24) is 15.3 Å². The van der Waals surface area contributed by atoms with E-state index in [1.807, 2.05) is 12.2 Å². The molecule has 0 radical (unpaired) electrons. The van der Waals surface area contributed by atoms with Gasteiger partial charge in [-0.25, -0.2) is 9.78 Å². The molecule has 0 unspecified atom stereocenters. The fourth-order valence-electron chi connectivity index (χ4n) is 1.71. The molecule has 2 rings (SSSR count). The number of H-pyrrole nitrogens is 1. The molecule has 0 atom stereocenters. The van der Waals surface area contributed by atoms with Gasteiger partial charge in [0, 0.05) is 18.4 Å². The highest BCUT2D eigenvalue weighted by atomic mass is 16.5. The summed E-state index contributed by atoms with van der Waals surface area (Å²) in [5.74, 6) is 0. The predicted molar refractivity (Wildman–Crippen MR) is 68.1 cm³/mol. The van der Waals surface area contributed by atoms with Crippen LogP contribution in [0.2, 0.25) is 0 Å². The average molecular weight is 247 g/mol. The third kappa shape index (κ3) is 4.08. The molecule has 0 saturated heterocycles. The van der Waals surface area contributed by atoms with Crippen LogP contribution in [0, 0.1) is 0 Å². The average Bonchev–Trinajstić information content (AvgIpc) is 3.04. The number of aromatic amines is 1. The number of ether oxygens (including phenoxy) is 1. The summed E-state index contributed by atoms with van der Waals surface area (Å²) in [6, 6.07) is 0. The molecule has 1 heterocycles. The van der Waals surface area contributed by atoms with Crippen molar-refractivity contribution in [3.63, 3.8) is 0 Å². The van der Waals surface area contributed by atoms with Crippen LogP contribution in [-0.4, -0.2) is 29.2 Å². The molecule has 0 saturated carbocycles. The molecule has 0 aromatic carbocycles. The zero-order valence-electron chi connectivity index (χ0n) is 10.2. The summed E-state index contributed by atoms with van der Waals surface area (Å²) in [5, 5.41) is 2.73. The molecule has 5 nitrogen and oxygen atoms in total. The monoisotopic (exact) mass is 247 g/mol. The van der Waals surface area contributed by atoms with Gasteiger partial charge in [-0.3, -0.25) is 0 Å². The third-order valence-electron chi connectivity index (χ3n) is 2.69. The molecule has 1 aliphatic rings. The topological polar surface area (TPSA) is 67.0 Å². The lowest BCUT2D eigenvalue weighted by Gasteiger charge is -2.07. The number of nitrogens with zero attached hydrogens (tertiary/aromatic N) is 1. The second kappa shape index (κ2) is 6.64. The molecule has 0 fully saturated rings. The van der Waals surface area contributed by atoms with Crippen LogP contribution in [0.25, 0.3) is 0 Å².